The molecule has 2 aromatic carbocycles. The number of hydrogen-bond acceptors (Lipinski definition) is 8. The quantitative estimate of drug-likeness (QED) is 0.130. The zero-order valence-corrected chi connectivity index (χ0v) is 25.7. The van der Waals surface area contributed by atoms with Gasteiger partial charge >= 0.3 is 6.01 Å². The minimum Gasteiger partial charge on any atom is -0.461 e. The highest BCUT2D eigenvalue weighted by Crippen LogP contribution is 2.49. The normalized spacial score (nSPS) is 27.6. The van der Waals surface area contributed by atoms with Gasteiger partial charge in [0.15, 0.2) is 17.4 Å². The van der Waals surface area contributed by atoms with Crippen molar-refractivity contribution in [3.8, 4) is 29.6 Å². The third-order valence-corrected chi connectivity index (χ3v) is 11.2. The summed E-state index contributed by atoms with van der Waals surface area (Å²) in [6.45, 7) is 2.14. The Morgan fingerprint density at radius 1 is 1.04 bits per heavy atom. The molecule has 8 nitrogen and oxygen atoms in total. The van der Waals surface area contributed by atoms with Crippen LogP contribution in [-0.2, 0) is 6.42 Å². The largest absolute Gasteiger partial charge is 0.461 e. The summed E-state index contributed by atoms with van der Waals surface area (Å²) in [7, 11) is 0. The predicted octanol–water partition coefficient (Wildman–Crippen LogP) is 5.54. The van der Waals surface area contributed by atoms with Gasteiger partial charge in [0, 0.05) is 29.5 Å². The van der Waals surface area contributed by atoms with Crippen LogP contribution < -0.4 is 20.7 Å². The van der Waals surface area contributed by atoms with Gasteiger partial charge in [-0.25, -0.2) is 27.9 Å². The maximum absolute atomic E-state index is 17.1. The highest BCUT2D eigenvalue weighted by atomic mass is 19.2. The molecular weight excluding hydrogens is 610 g/mol. The number of pyridine rings is 1. The van der Waals surface area contributed by atoms with Crippen LogP contribution in [0.3, 0.4) is 0 Å². The fourth-order valence-corrected chi connectivity index (χ4v) is 9.04. The van der Waals surface area contributed by atoms with Gasteiger partial charge in [-0.15, -0.1) is 6.42 Å². The molecule has 4 saturated heterocycles. The zero-order valence-electron chi connectivity index (χ0n) is 25.7. The lowest BCUT2D eigenvalue weighted by atomic mass is 9.94. The van der Waals surface area contributed by atoms with E-state index in [-0.39, 0.29) is 77.3 Å². The molecule has 0 radical (unpaired) electrons. The number of hydrogen-bond donors (Lipinski definition) is 2. The fraction of sp³-hybridized carbons (Fsp3) is 0.457. The molecule has 3 N–H and O–H groups in total. The van der Waals surface area contributed by atoms with Gasteiger partial charge in [0.2, 0.25) is 0 Å². The summed E-state index contributed by atoms with van der Waals surface area (Å²) in [5.41, 5.74) is 6.82. The number of benzene rings is 2. The lowest BCUT2D eigenvalue weighted by Gasteiger charge is -2.46. The maximum Gasteiger partial charge on any atom is 0.319 e. The average Bonchev–Trinajstić information content (AvgIpc) is 3.67. The zero-order chi connectivity index (χ0) is 32.3. The van der Waals surface area contributed by atoms with Crippen LogP contribution in [0.4, 0.5) is 29.1 Å². The Kier molecular flexibility index (Phi) is 6.10. The molecule has 0 saturated carbocycles. The Balaban J connectivity index is 1.27. The number of piperazine rings is 1. The Hall–Kier alpha value is -4.21. The minimum absolute atomic E-state index is 0.000297. The van der Waals surface area contributed by atoms with Gasteiger partial charge in [0.25, 0.3) is 0 Å². The van der Waals surface area contributed by atoms with E-state index >= 15 is 13.2 Å². The highest BCUT2D eigenvalue weighted by molar-refractivity contribution is 6.04. The molecule has 0 aliphatic carbocycles. The molecule has 3 atom stereocenters. The Morgan fingerprint density at radius 3 is 2.64 bits per heavy atom. The van der Waals surface area contributed by atoms with Gasteiger partial charge < -0.3 is 15.4 Å². The third-order valence-electron chi connectivity index (χ3n) is 11.2. The second-order valence-corrected chi connectivity index (χ2v) is 13.9. The van der Waals surface area contributed by atoms with Crippen LogP contribution in [0.5, 0.6) is 6.01 Å². The smallest absolute Gasteiger partial charge is 0.319 e. The number of ether oxygens (including phenoxy) is 1. The maximum atomic E-state index is 17.1. The molecule has 242 valence electrons. The summed E-state index contributed by atoms with van der Waals surface area (Å²) in [6.07, 6.45) is 10.3. The molecule has 0 spiro atoms. The standard InChI is InChI=1S/C35H33F4N7O/c1-2-21-23(36)6-5-19-15-20(40)16-22(26(19)21)29-28(37)30-27-24(41-29)7-8-25-35(39)12-11-34(38,44-35)17-46(25)31(27)43-32(42-30)47-18-33-9-3-13-45(33)14-4-10-33/h1,5-6,15-16,25,44H,3-4,7-14,17-18,40H2/t25-,34+,35-/m0/s1. The van der Waals surface area contributed by atoms with E-state index in [1.807, 2.05) is 0 Å². The Bertz CT molecular complexity index is 2040. The summed E-state index contributed by atoms with van der Waals surface area (Å²) in [4.78, 5) is 18.2. The first-order valence-electron chi connectivity index (χ1n) is 16.3. The van der Waals surface area contributed by atoms with Gasteiger partial charge in [-0.05, 0) is 75.2 Å². The second kappa shape index (κ2) is 9.90. The van der Waals surface area contributed by atoms with Crippen molar-refractivity contribution in [1.82, 2.24) is 25.2 Å². The molecule has 5 aliphatic rings. The Morgan fingerprint density at radius 2 is 1.85 bits per heavy atom. The van der Waals surface area contributed by atoms with Gasteiger partial charge in [-0.3, -0.25) is 4.90 Å². The first-order valence-corrected chi connectivity index (χ1v) is 16.3. The van der Waals surface area contributed by atoms with Crippen LogP contribution in [-0.4, -0.2) is 69.3 Å². The number of nitrogens with two attached hydrogens (primary N) is 1. The van der Waals surface area contributed by atoms with E-state index < -0.39 is 29.3 Å². The van der Waals surface area contributed by atoms with E-state index in [1.54, 1.807) is 11.0 Å². The first-order chi connectivity index (χ1) is 22.6. The van der Waals surface area contributed by atoms with Crippen LogP contribution in [0, 0.1) is 24.0 Å². The first kappa shape index (κ1) is 29.0. The van der Waals surface area contributed by atoms with Gasteiger partial charge in [-0.1, -0.05) is 12.0 Å². The van der Waals surface area contributed by atoms with Crippen molar-refractivity contribution in [1.29, 1.82) is 0 Å². The molecule has 12 heteroatoms. The summed E-state index contributed by atoms with van der Waals surface area (Å²) >= 11 is 0. The van der Waals surface area contributed by atoms with Crippen LogP contribution in [0.15, 0.2) is 24.3 Å². The molecular formula is C35H33F4N7O. The van der Waals surface area contributed by atoms with E-state index in [0.717, 1.165) is 38.8 Å². The van der Waals surface area contributed by atoms with Gasteiger partial charge in [0.1, 0.15) is 29.5 Å². The molecule has 5 aliphatic heterocycles. The number of terminal acetylenes is 1. The topological polar surface area (TPSA) is 92.4 Å². The number of nitrogens with one attached hydrogen (secondary N) is 1. The highest BCUT2D eigenvalue weighted by Gasteiger charge is 2.60. The van der Waals surface area contributed by atoms with Crippen molar-refractivity contribution < 1.29 is 22.3 Å². The van der Waals surface area contributed by atoms with E-state index in [2.05, 4.69) is 21.1 Å². The third kappa shape index (κ3) is 4.18. The number of halogens is 4. The van der Waals surface area contributed by atoms with Crippen molar-refractivity contribution >= 4 is 33.2 Å². The number of nitrogen functional groups attached to an aromatic ring is 1. The van der Waals surface area contributed by atoms with E-state index in [0.29, 0.717) is 28.8 Å². The predicted molar refractivity (Wildman–Crippen MR) is 170 cm³/mol. The molecule has 7 heterocycles. The molecule has 0 unspecified atom stereocenters. The molecule has 4 fully saturated rings. The molecule has 0 amide bonds. The van der Waals surface area contributed by atoms with Crippen molar-refractivity contribution in [2.45, 2.75) is 74.5 Å². The monoisotopic (exact) mass is 643 g/mol. The van der Waals surface area contributed by atoms with Crippen LogP contribution in [0.1, 0.15) is 56.2 Å². The Labute approximate surface area is 268 Å². The van der Waals surface area contributed by atoms with Crippen LogP contribution in [0.2, 0.25) is 0 Å². The lowest BCUT2D eigenvalue weighted by Crippen LogP contribution is -2.67. The van der Waals surface area contributed by atoms with Crippen molar-refractivity contribution in [2.75, 3.05) is 36.9 Å². The summed E-state index contributed by atoms with van der Waals surface area (Å²) in [5, 5.41) is 3.71. The molecule has 4 aromatic rings. The summed E-state index contributed by atoms with van der Waals surface area (Å²) in [5.74, 6) is -2.81. The SMILES string of the molecule is C#Cc1c(F)ccc2cc(N)cc(-c3nc4c5c(nc(OCC67CCCN6CCC7)nc5c3F)N3C[C@@]5(F)CC[C@](F)(N5)[C@@H]3CC4)c12. The van der Waals surface area contributed by atoms with Crippen LogP contribution >= 0.6 is 0 Å². The molecule has 47 heavy (non-hydrogen) atoms. The summed E-state index contributed by atoms with van der Waals surface area (Å²) < 4.78 is 70.7. The minimum atomic E-state index is -2.01. The number of alkyl halides is 2. The fourth-order valence-electron chi connectivity index (χ4n) is 9.04. The molecule has 9 rings (SSSR count). The average molecular weight is 644 g/mol. The van der Waals surface area contributed by atoms with E-state index in [4.69, 9.17) is 26.9 Å². The van der Waals surface area contributed by atoms with E-state index in [1.165, 1.54) is 18.2 Å². The number of aromatic nitrogens is 3. The number of rotatable bonds is 4. The number of aryl methyl sites for hydroxylation is 1. The number of anilines is 2. The van der Waals surface area contributed by atoms with Gasteiger partial charge in [0.05, 0.1) is 34.8 Å². The lowest BCUT2D eigenvalue weighted by molar-refractivity contribution is 0.0101. The second-order valence-electron chi connectivity index (χ2n) is 13.9. The van der Waals surface area contributed by atoms with Crippen molar-refractivity contribution in [3.05, 3.63) is 47.2 Å². The number of fused-ring (bicyclic) bond motifs is 7. The molecule has 2 aromatic heterocycles. The van der Waals surface area contributed by atoms with Crippen LogP contribution in [0.25, 0.3) is 32.9 Å². The van der Waals surface area contributed by atoms with Crippen molar-refractivity contribution in [3.63, 3.8) is 0 Å². The van der Waals surface area contributed by atoms with Gasteiger partial charge in [-0.2, -0.15) is 9.97 Å². The number of nitrogens with zero attached hydrogens (tertiary/aromatic N) is 5. The van der Waals surface area contributed by atoms with Crippen molar-refractivity contribution in [2.24, 2.45) is 0 Å². The van der Waals surface area contributed by atoms with E-state index in [9.17, 15) is 4.39 Å². The molecule has 2 bridgehead atoms. The summed E-state index contributed by atoms with van der Waals surface area (Å²) in [6, 6.07) is 5.10.